The van der Waals surface area contributed by atoms with Gasteiger partial charge in [0.25, 0.3) is 0 Å². The van der Waals surface area contributed by atoms with Crippen molar-refractivity contribution in [1.82, 2.24) is 4.90 Å². The van der Waals surface area contributed by atoms with Gasteiger partial charge in [-0.2, -0.15) is 0 Å². The van der Waals surface area contributed by atoms with Crippen molar-refractivity contribution < 1.29 is 19.7 Å². The molecule has 0 unspecified atom stereocenters. The number of likely N-dealkylation sites (tertiary alicyclic amines) is 1. The molecule has 110 valence electrons. The van der Waals surface area contributed by atoms with Gasteiger partial charge in [0.05, 0.1) is 7.11 Å². The van der Waals surface area contributed by atoms with Gasteiger partial charge in [-0.3, -0.25) is 4.79 Å². The molecule has 0 bridgehead atoms. The van der Waals surface area contributed by atoms with Crippen LogP contribution in [0, 0.1) is 0 Å². The molecular formula is C15H21NO4. The summed E-state index contributed by atoms with van der Waals surface area (Å²) in [6, 6.07) is 2.83. The van der Waals surface area contributed by atoms with Gasteiger partial charge >= 0.3 is 0 Å². The molecule has 0 saturated carbocycles. The lowest BCUT2D eigenvalue weighted by Crippen LogP contribution is -2.35. The number of carbonyl (C=O) groups is 1. The average molecular weight is 279 g/mol. The summed E-state index contributed by atoms with van der Waals surface area (Å²) < 4.78 is 4.92. The number of ether oxygens (including phenoxy) is 1. The van der Waals surface area contributed by atoms with Crippen LogP contribution in [0.2, 0.25) is 0 Å². The number of aromatic hydroxyl groups is 2. The van der Waals surface area contributed by atoms with Crippen molar-refractivity contribution in [1.29, 1.82) is 0 Å². The Hall–Kier alpha value is -1.91. The first-order valence-electron chi connectivity index (χ1n) is 6.98. The Bertz CT molecular complexity index is 481. The fourth-order valence-corrected chi connectivity index (χ4v) is 2.51. The molecule has 1 amide bonds. The Morgan fingerprint density at radius 1 is 1.20 bits per heavy atom. The van der Waals surface area contributed by atoms with Crippen LogP contribution in [0.3, 0.4) is 0 Å². The largest absolute Gasteiger partial charge is 0.508 e. The van der Waals surface area contributed by atoms with Gasteiger partial charge in [0, 0.05) is 25.6 Å². The van der Waals surface area contributed by atoms with E-state index >= 15 is 0 Å². The summed E-state index contributed by atoms with van der Waals surface area (Å²) in [6.07, 6.45) is 4.09. The van der Waals surface area contributed by atoms with Gasteiger partial charge in [0.2, 0.25) is 5.91 Å². The highest BCUT2D eigenvalue weighted by Crippen LogP contribution is 2.33. The third kappa shape index (κ3) is 3.35. The Morgan fingerprint density at radius 3 is 2.55 bits per heavy atom. The lowest BCUT2D eigenvalue weighted by Gasteiger charge is -2.26. The van der Waals surface area contributed by atoms with E-state index in [1.807, 2.05) is 4.90 Å². The van der Waals surface area contributed by atoms with Gasteiger partial charge in [-0.25, -0.2) is 0 Å². The van der Waals surface area contributed by atoms with Crippen LogP contribution in [-0.4, -0.2) is 41.2 Å². The van der Waals surface area contributed by atoms with E-state index in [0.29, 0.717) is 18.4 Å². The number of benzene rings is 1. The molecule has 2 N–H and O–H groups in total. The summed E-state index contributed by atoms with van der Waals surface area (Å²) >= 11 is 0. The number of nitrogens with zero attached hydrogens (tertiary/aromatic N) is 1. The Kier molecular flexibility index (Phi) is 4.71. The predicted octanol–water partition coefficient (Wildman–Crippen LogP) is 2.05. The zero-order chi connectivity index (χ0) is 14.5. The summed E-state index contributed by atoms with van der Waals surface area (Å²) in [5.41, 5.74) is 0.564. The van der Waals surface area contributed by atoms with Crippen molar-refractivity contribution in [2.45, 2.75) is 32.1 Å². The quantitative estimate of drug-likeness (QED) is 0.828. The molecule has 1 aliphatic rings. The van der Waals surface area contributed by atoms with Gasteiger partial charge < -0.3 is 19.8 Å². The maximum atomic E-state index is 12.0. The zero-order valence-electron chi connectivity index (χ0n) is 11.8. The smallest absolute Gasteiger partial charge is 0.222 e. The average Bonchev–Trinajstić information content (AvgIpc) is 2.48. The summed E-state index contributed by atoms with van der Waals surface area (Å²) in [6.45, 7) is 1.66. The fraction of sp³-hybridized carbons (Fsp3) is 0.533. The predicted molar refractivity (Wildman–Crippen MR) is 75.1 cm³/mol. The maximum Gasteiger partial charge on any atom is 0.222 e. The van der Waals surface area contributed by atoms with Crippen LogP contribution in [0.5, 0.6) is 17.2 Å². The third-order valence-electron chi connectivity index (χ3n) is 3.70. The summed E-state index contributed by atoms with van der Waals surface area (Å²) in [4.78, 5) is 13.9. The molecule has 5 nitrogen and oxygen atoms in total. The van der Waals surface area contributed by atoms with Crippen LogP contribution in [0.25, 0.3) is 0 Å². The molecule has 1 heterocycles. The second kappa shape index (κ2) is 6.50. The van der Waals surface area contributed by atoms with Gasteiger partial charge in [-0.15, -0.1) is 0 Å². The van der Waals surface area contributed by atoms with E-state index in [1.165, 1.54) is 25.7 Å². The zero-order valence-corrected chi connectivity index (χ0v) is 11.8. The minimum Gasteiger partial charge on any atom is -0.508 e. The second-order valence-corrected chi connectivity index (χ2v) is 5.09. The molecule has 2 rings (SSSR count). The number of aryl methyl sites for hydroxylation is 1. The molecule has 1 aromatic rings. The standard InChI is InChI=1S/C15H21NO4/c1-20-14-10-12(17)11(9-13(14)18)5-6-15(19)16-7-3-2-4-8-16/h9-10,17-18H,2-8H2,1H3. The number of amides is 1. The number of phenolic OH excluding ortho intramolecular Hbond substituents is 2. The number of methoxy groups -OCH3 is 1. The molecule has 0 spiro atoms. The molecule has 0 radical (unpaired) electrons. The van der Waals surface area contributed by atoms with Crippen LogP contribution in [0.4, 0.5) is 0 Å². The third-order valence-corrected chi connectivity index (χ3v) is 3.70. The number of phenols is 2. The monoisotopic (exact) mass is 279 g/mol. The van der Waals surface area contributed by atoms with Crippen LogP contribution < -0.4 is 4.74 Å². The summed E-state index contributed by atoms with van der Waals surface area (Å²) in [5.74, 6) is 0.366. The molecule has 1 saturated heterocycles. The van der Waals surface area contributed by atoms with E-state index in [2.05, 4.69) is 0 Å². The first-order chi connectivity index (χ1) is 9.61. The molecule has 1 fully saturated rings. The van der Waals surface area contributed by atoms with E-state index in [4.69, 9.17) is 4.74 Å². The van der Waals surface area contributed by atoms with Gasteiger partial charge in [0.1, 0.15) is 5.75 Å². The van der Waals surface area contributed by atoms with Crippen molar-refractivity contribution in [2.75, 3.05) is 20.2 Å². The van der Waals surface area contributed by atoms with Gasteiger partial charge in [0.15, 0.2) is 11.5 Å². The molecule has 5 heteroatoms. The van der Waals surface area contributed by atoms with Crippen LogP contribution in [-0.2, 0) is 11.2 Å². The van der Waals surface area contributed by atoms with E-state index in [9.17, 15) is 15.0 Å². The van der Waals surface area contributed by atoms with Crippen molar-refractivity contribution in [3.8, 4) is 17.2 Å². The Balaban J connectivity index is 1.96. The lowest BCUT2D eigenvalue weighted by molar-refractivity contribution is -0.132. The fourth-order valence-electron chi connectivity index (χ4n) is 2.51. The second-order valence-electron chi connectivity index (χ2n) is 5.09. The topological polar surface area (TPSA) is 70.0 Å². The Morgan fingerprint density at radius 2 is 1.90 bits per heavy atom. The van der Waals surface area contributed by atoms with Gasteiger partial charge in [-0.05, 0) is 37.3 Å². The molecule has 1 aromatic carbocycles. The SMILES string of the molecule is COc1cc(O)c(CCC(=O)N2CCCCC2)cc1O. The van der Waals surface area contributed by atoms with Crippen molar-refractivity contribution in [3.63, 3.8) is 0 Å². The van der Waals surface area contributed by atoms with Crippen LogP contribution in [0.1, 0.15) is 31.2 Å². The normalized spacial score (nSPS) is 15.2. The van der Waals surface area contributed by atoms with E-state index in [1.54, 1.807) is 0 Å². The Labute approximate surface area is 118 Å². The van der Waals surface area contributed by atoms with E-state index in [0.717, 1.165) is 25.9 Å². The van der Waals surface area contributed by atoms with Crippen molar-refractivity contribution in [2.24, 2.45) is 0 Å². The first-order valence-corrected chi connectivity index (χ1v) is 6.98. The molecular weight excluding hydrogens is 258 g/mol. The maximum absolute atomic E-state index is 12.0. The highest BCUT2D eigenvalue weighted by Gasteiger charge is 2.17. The number of hydrogen-bond acceptors (Lipinski definition) is 4. The van der Waals surface area contributed by atoms with Gasteiger partial charge in [-0.1, -0.05) is 0 Å². The summed E-state index contributed by atoms with van der Waals surface area (Å²) in [7, 11) is 1.42. The minimum absolute atomic E-state index is 0.0225. The molecule has 1 aliphatic heterocycles. The molecule has 20 heavy (non-hydrogen) atoms. The van der Waals surface area contributed by atoms with Crippen LogP contribution in [0.15, 0.2) is 12.1 Å². The van der Waals surface area contributed by atoms with E-state index in [-0.39, 0.29) is 23.2 Å². The highest BCUT2D eigenvalue weighted by molar-refractivity contribution is 5.76. The van der Waals surface area contributed by atoms with Crippen molar-refractivity contribution in [3.05, 3.63) is 17.7 Å². The molecule has 0 atom stereocenters. The number of piperidine rings is 1. The number of hydrogen-bond donors (Lipinski definition) is 2. The molecule has 0 aliphatic carbocycles. The van der Waals surface area contributed by atoms with Crippen molar-refractivity contribution >= 4 is 5.91 Å². The first kappa shape index (κ1) is 14.5. The van der Waals surface area contributed by atoms with E-state index < -0.39 is 0 Å². The number of carbonyl (C=O) groups excluding carboxylic acids is 1. The number of rotatable bonds is 4. The lowest BCUT2D eigenvalue weighted by atomic mass is 10.1. The summed E-state index contributed by atoms with van der Waals surface area (Å²) in [5, 5.41) is 19.6. The minimum atomic E-state index is -0.0225. The highest BCUT2D eigenvalue weighted by atomic mass is 16.5. The molecule has 0 aromatic heterocycles. The van der Waals surface area contributed by atoms with Crippen LogP contribution >= 0.6 is 0 Å².